The summed E-state index contributed by atoms with van der Waals surface area (Å²) >= 11 is 1.58. The fraction of sp³-hybridized carbons (Fsp3) is 0.111. The van der Waals surface area contributed by atoms with Crippen LogP contribution >= 0.6 is 11.3 Å². The molecule has 2 aromatic heterocycles. The van der Waals surface area contributed by atoms with Gasteiger partial charge >= 0.3 is 0 Å². The summed E-state index contributed by atoms with van der Waals surface area (Å²) in [5, 5.41) is 6.07. The highest BCUT2D eigenvalue weighted by molar-refractivity contribution is 7.90. The highest BCUT2D eigenvalue weighted by Gasteiger charge is 2.13. The molecule has 0 saturated carbocycles. The largest absolute Gasteiger partial charge is 0.352 e. The predicted molar refractivity (Wildman–Crippen MR) is 104 cm³/mol. The molecule has 0 radical (unpaired) electrons. The van der Waals surface area contributed by atoms with Crippen molar-refractivity contribution >= 4 is 38.2 Å². The van der Waals surface area contributed by atoms with Crippen LogP contribution in [-0.4, -0.2) is 29.6 Å². The maximum Gasteiger partial charge on any atom is 0.201 e. The van der Waals surface area contributed by atoms with E-state index in [1.165, 1.54) is 6.26 Å². The number of aromatic amines is 1. The molecule has 0 atom stereocenters. The number of nitrogens with zero attached hydrogens (tertiary/aromatic N) is 2. The van der Waals surface area contributed by atoms with E-state index in [1.807, 2.05) is 29.6 Å². The molecule has 132 valence electrons. The Balaban J connectivity index is 1.59. The molecule has 2 heterocycles. The normalized spacial score (nSPS) is 11.7. The average molecular weight is 384 g/mol. The summed E-state index contributed by atoms with van der Waals surface area (Å²) in [5.74, 6) is 0.597. The van der Waals surface area contributed by atoms with Gasteiger partial charge in [0.1, 0.15) is 5.01 Å². The van der Waals surface area contributed by atoms with Crippen LogP contribution in [0.4, 0.5) is 5.95 Å². The lowest BCUT2D eigenvalue weighted by Crippen LogP contribution is -2.07. The Kier molecular flexibility index (Phi) is 4.21. The summed E-state index contributed by atoms with van der Waals surface area (Å²) in [5.41, 5.74) is 3.48. The van der Waals surface area contributed by atoms with E-state index in [2.05, 4.69) is 20.3 Å². The van der Waals surface area contributed by atoms with E-state index in [-0.39, 0.29) is 0 Å². The van der Waals surface area contributed by atoms with Crippen LogP contribution in [0.2, 0.25) is 0 Å². The first kappa shape index (κ1) is 16.7. The summed E-state index contributed by atoms with van der Waals surface area (Å²) in [6, 6.07) is 12.9. The predicted octanol–water partition coefficient (Wildman–Crippen LogP) is 3.70. The van der Waals surface area contributed by atoms with Crippen molar-refractivity contribution in [3.63, 3.8) is 0 Å². The average Bonchev–Trinajstić information content (AvgIpc) is 3.28. The molecule has 0 unspecified atom stereocenters. The van der Waals surface area contributed by atoms with E-state index in [9.17, 15) is 8.42 Å². The number of fused-ring (bicyclic) bond motifs is 1. The quantitative estimate of drug-likeness (QED) is 0.548. The van der Waals surface area contributed by atoms with Gasteiger partial charge in [-0.05, 0) is 29.8 Å². The van der Waals surface area contributed by atoms with Gasteiger partial charge in [0.05, 0.1) is 15.9 Å². The number of imidazole rings is 1. The van der Waals surface area contributed by atoms with Gasteiger partial charge in [-0.2, -0.15) is 0 Å². The highest BCUT2D eigenvalue weighted by Crippen LogP contribution is 2.26. The van der Waals surface area contributed by atoms with Crippen molar-refractivity contribution in [3.8, 4) is 10.6 Å². The van der Waals surface area contributed by atoms with E-state index >= 15 is 0 Å². The first-order valence-corrected chi connectivity index (χ1v) is 10.7. The molecule has 0 aliphatic carbocycles. The van der Waals surface area contributed by atoms with E-state index in [0.29, 0.717) is 23.0 Å². The molecule has 6 nitrogen and oxygen atoms in total. The monoisotopic (exact) mass is 384 g/mol. The van der Waals surface area contributed by atoms with E-state index in [0.717, 1.165) is 21.6 Å². The van der Waals surface area contributed by atoms with Crippen molar-refractivity contribution < 1.29 is 8.42 Å². The number of hydrogen-bond donors (Lipinski definition) is 2. The van der Waals surface area contributed by atoms with Gasteiger partial charge in [0.2, 0.25) is 5.95 Å². The topological polar surface area (TPSA) is 87.7 Å². The van der Waals surface area contributed by atoms with Crippen LogP contribution in [0.3, 0.4) is 0 Å². The zero-order chi connectivity index (χ0) is 18.1. The molecule has 0 bridgehead atoms. The Morgan fingerprint density at radius 3 is 2.81 bits per heavy atom. The molecule has 2 aromatic carbocycles. The molecule has 0 spiro atoms. The van der Waals surface area contributed by atoms with Crippen molar-refractivity contribution in [3.05, 3.63) is 59.6 Å². The maximum atomic E-state index is 11.9. The second-order valence-corrected chi connectivity index (χ2v) is 8.77. The molecule has 26 heavy (non-hydrogen) atoms. The number of anilines is 1. The fourth-order valence-corrected chi connectivity index (χ4v) is 4.36. The van der Waals surface area contributed by atoms with Crippen LogP contribution in [0.25, 0.3) is 21.6 Å². The van der Waals surface area contributed by atoms with Crippen LogP contribution in [0.1, 0.15) is 5.56 Å². The smallest absolute Gasteiger partial charge is 0.201 e. The molecular formula is C18H16N4O2S2. The van der Waals surface area contributed by atoms with Gasteiger partial charge in [0.25, 0.3) is 0 Å². The number of aromatic nitrogens is 3. The van der Waals surface area contributed by atoms with Crippen LogP contribution in [0.15, 0.2) is 58.9 Å². The zero-order valence-corrected chi connectivity index (χ0v) is 15.6. The lowest BCUT2D eigenvalue weighted by atomic mass is 10.2. The first-order chi connectivity index (χ1) is 12.5. The summed E-state index contributed by atoms with van der Waals surface area (Å²) in [6.07, 6.45) is 3.00. The fourth-order valence-electron chi connectivity index (χ4n) is 2.78. The van der Waals surface area contributed by atoms with Crippen molar-refractivity contribution in [1.29, 1.82) is 0 Å². The molecule has 4 aromatic rings. The van der Waals surface area contributed by atoms with Crippen molar-refractivity contribution in [2.75, 3.05) is 11.6 Å². The minimum Gasteiger partial charge on any atom is -0.352 e. The SMILES string of the molecule is CS(=O)(=O)c1ccccc1CNc1nc2ccc(-c3nccs3)cc2[nH]1. The van der Waals surface area contributed by atoms with Crippen molar-refractivity contribution in [1.82, 2.24) is 15.0 Å². The Bertz CT molecular complexity index is 1170. The summed E-state index contributed by atoms with van der Waals surface area (Å²) < 4.78 is 23.8. The number of nitrogens with one attached hydrogen (secondary N) is 2. The number of H-pyrrole nitrogens is 1. The summed E-state index contributed by atoms with van der Waals surface area (Å²) in [7, 11) is -3.27. The molecule has 0 fully saturated rings. The Morgan fingerprint density at radius 1 is 1.19 bits per heavy atom. The van der Waals surface area contributed by atoms with Gasteiger partial charge in [-0.25, -0.2) is 18.4 Å². The molecule has 0 saturated heterocycles. The molecule has 0 aliphatic heterocycles. The van der Waals surface area contributed by atoms with E-state index in [4.69, 9.17) is 0 Å². The second-order valence-electron chi connectivity index (χ2n) is 5.89. The molecule has 2 N–H and O–H groups in total. The van der Waals surface area contributed by atoms with Gasteiger partial charge in [-0.1, -0.05) is 18.2 Å². The molecule has 4 rings (SSSR count). The molecule has 0 aliphatic rings. The van der Waals surface area contributed by atoms with Crippen LogP contribution in [0.5, 0.6) is 0 Å². The number of rotatable bonds is 5. The van der Waals surface area contributed by atoms with E-state index < -0.39 is 9.84 Å². The Labute approximate surface area is 154 Å². The third-order valence-electron chi connectivity index (χ3n) is 3.98. The Morgan fingerprint density at radius 2 is 2.04 bits per heavy atom. The second kappa shape index (κ2) is 6.54. The maximum absolute atomic E-state index is 11.9. The summed E-state index contributed by atoms with van der Waals surface area (Å²) in [6.45, 7) is 0.363. The van der Waals surface area contributed by atoms with Crippen LogP contribution in [-0.2, 0) is 16.4 Å². The molecular weight excluding hydrogens is 368 g/mol. The summed E-state index contributed by atoms with van der Waals surface area (Å²) in [4.78, 5) is 12.4. The van der Waals surface area contributed by atoms with Crippen molar-refractivity contribution in [2.24, 2.45) is 0 Å². The molecule has 8 heteroatoms. The number of hydrogen-bond acceptors (Lipinski definition) is 6. The minimum atomic E-state index is -3.27. The first-order valence-electron chi connectivity index (χ1n) is 7.92. The minimum absolute atomic E-state index is 0.328. The zero-order valence-electron chi connectivity index (χ0n) is 13.9. The van der Waals surface area contributed by atoms with Crippen LogP contribution in [0, 0.1) is 0 Å². The number of sulfone groups is 1. The lowest BCUT2D eigenvalue weighted by Gasteiger charge is -2.08. The van der Waals surface area contributed by atoms with E-state index in [1.54, 1.807) is 35.7 Å². The van der Waals surface area contributed by atoms with Gasteiger partial charge in [0.15, 0.2) is 9.84 Å². The molecule has 0 amide bonds. The van der Waals surface area contributed by atoms with Gasteiger partial charge < -0.3 is 10.3 Å². The highest BCUT2D eigenvalue weighted by atomic mass is 32.2. The third kappa shape index (κ3) is 3.33. The van der Waals surface area contributed by atoms with Gasteiger partial charge in [-0.3, -0.25) is 0 Å². The Hall–Kier alpha value is -2.71. The van der Waals surface area contributed by atoms with Gasteiger partial charge in [-0.15, -0.1) is 11.3 Å². The van der Waals surface area contributed by atoms with Crippen LogP contribution < -0.4 is 5.32 Å². The van der Waals surface area contributed by atoms with Crippen molar-refractivity contribution in [2.45, 2.75) is 11.4 Å². The standard InChI is InChI=1S/C18H16N4O2S2/c1-26(23,24)16-5-3-2-4-13(16)11-20-18-21-14-7-6-12(10-15(14)22-18)17-19-8-9-25-17/h2-10H,11H2,1H3,(H2,20,21,22). The lowest BCUT2D eigenvalue weighted by molar-refractivity contribution is 0.601. The third-order valence-corrected chi connectivity index (χ3v) is 6.00. The number of thiazole rings is 1. The van der Waals surface area contributed by atoms with Gasteiger partial charge in [0, 0.05) is 29.9 Å². The number of benzene rings is 2.